The van der Waals surface area contributed by atoms with E-state index in [2.05, 4.69) is 16.5 Å². The van der Waals surface area contributed by atoms with Crippen molar-refractivity contribution in [2.75, 3.05) is 0 Å². The molecule has 6 nitrogen and oxygen atoms in total. The highest BCUT2D eigenvalue weighted by Gasteiger charge is 2.25. The van der Waals surface area contributed by atoms with Gasteiger partial charge in [-0.15, -0.1) is 0 Å². The molecule has 0 saturated carbocycles. The third-order valence-electron chi connectivity index (χ3n) is 6.74. The molecule has 0 unspecified atom stereocenters. The maximum Gasteiger partial charge on any atom is 0.331 e. The van der Waals surface area contributed by atoms with Gasteiger partial charge in [0.05, 0.1) is 38.8 Å². The average Bonchev–Trinajstić information content (AvgIpc) is 3.22. The maximum absolute atomic E-state index is 13.7. The van der Waals surface area contributed by atoms with Gasteiger partial charge in [-0.1, -0.05) is 59.7 Å². The van der Waals surface area contributed by atoms with E-state index in [0.29, 0.717) is 10.9 Å². The molecule has 35 heavy (non-hydrogen) atoms. The molecular weight excluding hydrogens is 436 g/mol. The van der Waals surface area contributed by atoms with Gasteiger partial charge in [0.1, 0.15) is 0 Å². The van der Waals surface area contributed by atoms with Crippen LogP contribution in [0, 0.1) is 13.8 Å². The summed E-state index contributed by atoms with van der Waals surface area (Å²) in [6, 6.07) is 24.2. The molecule has 0 atom stereocenters. The molecule has 0 aliphatic rings. The van der Waals surface area contributed by atoms with Crippen LogP contribution in [0.1, 0.15) is 11.1 Å². The first-order valence-electron chi connectivity index (χ1n) is 11.5. The van der Waals surface area contributed by atoms with Crippen molar-refractivity contribution in [3.05, 3.63) is 105 Å². The van der Waals surface area contributed by atoms with Crippen LogP contribution in [0.3, 0.4) is 0 Å². The number of nitrogens with zero attached hydrogens (tertiary/aromatic N) is 4. The molecule has 3 heterocycles. The smallest absolute Gasteiger partial charge is 0.303 e. The van der Waals surface area contributed by atoms with Crippen molar-refractivity contribution in [3.63, 3.8) is 0 Å². The Morgan fingerprint density at radius 1 is 0.714 bits per heavy atom. The highest BCUT2D eigenvalue weighted by molar-refractivity contribution is 6.11. The first-order valence-corrected chi connectivity index (χ1v) is 11.5. The molecule has 0 amide bonds. The SMILES string of the molecule is Cc1cccc(-c2nc3ccccc3n3c(-c4cccc(C)c4)c4c(=O)n(C)c(=O)n(C)c4c23)c1. The molecule has 6 rings (SSSR count). The lowest BCUT2D eigenvalue weighted by molar-refractivity contribution is 0.716. The monoisotopic (exact) mass is 460 g/mol. The lowest BCUT2D eigenvalue weighted by Crippen LogP contribution is -2.36. The molecule has 0 fully saturated rings. The Morgan fingerprint density at radius 3 is 2.09 bits per heavy atom. The fourth-order valence-corrected chi connectivity index (χ4v) is 5.10. The molecule has 3 aromatic carbocycles. The van der Waals surface area contributed by atoms with Crippen LogP contribution in [-0.4, -0.2) is 18.5 Å². The van der Waals surface area contributed by atoms with Crippen molar-refractivity contribution in [1.29, 1.82) is 0 Å². The maximum atomic E-state index is 13.7. The number of benzene rings is 3. The van der Waals surface area contributed by atoms with E-state index in [1.54, 1.807) is 11.6 Å². The van der Waals surface area contributed by atoms with Crippen molar-refractivity contribution in [2.24, 2.45) is 14.1 Å². The minimum atomic E-state index is -0.367. The topological polar surface area (TPSA) is 61.3 Å². The molecule has 6 aromatic rings. The molecule has 172 valence electrons. The van der Waals surface area contributed by atoms with Crippen molar-refractivity contribution >= 4 is 27.5 Å². The Hall–Kier alpha value is -4.45. The van der Waals surface area contributed by atoms with E-state index in [0.717, 1.165) is 50.2 Å². The zero-order chi connectivity index (χ0) is 24.4. The zero-order valence-electron chi connectivity index (χ0n) is 20.0. The van der Waals surface area contributed by atoms with Gasteiger partial charge in [0, 0.05) is 19.7 Å². The van der Waals surface area contributed by atoms with Crippen LogP contribution in [0.25, 0.3) is 50.0 Å². The van der Waals surface area contributed by atoms with Crippen LogP contribution in [0.2, 0.25) is 0 Å². The van der Waals surface area contributed by atoms with Gasteiger partial charge in [-0.05, 0) is 43.7 Å². The van der Waals surface area contributed by atoms with Crippen molar-refractivity contribution < 1.29 is 0 Å². The summed E-state index contributed by atoms with van der Waals surface area (Å²) < 4.78 is 4.87. The molecule has 0 radical (unpaired) electrons. The zero-order valence-corrected chi connectivity index (χ0v) is 20.0. The van der Waals surface area contributed by atoms with Gasteiger partial charge in [-0.2, -0.15) is 0 Å². The fraction of sp³-hybridized carbons (Fsp3) is 0.138. The highest BCUT2D eigenvalue weighted by atomic mass is 16.2. The average molecular weight is 461 g/mol. The second-order valence-corrected chi connectivity index (χ2v) is 9.15. The number of fused-ring (bicyclic) bond motifs is 5. The Morgan fingerprint density at radius 2 is 1.37 bits per heavy atom. The number of rotatable bonds is 2. The molecule has 3 aromatic heterocycles. The molecule has 0 N–H and O–H groups in total. The van der Waals surface area contributed by atoms with Gasteiger partial charge in [0.15, 0.2) is 0 Å². The standard InChI is InChI=1S/C29H24N4O2/c1-17-9-7-11-19(15-17)24-27-26-23(28(34)32(4)29(35)31(26)3)25(20-12-8-10-18(2)16-20)33(27)22-14-6-5-13-21(22)30-24/h5-16H,1-4H3. The van der Waals surface area contributed by atoms with E-state index in [4.69, 9.17) is 4.98 Å². The van der Waals surface area contributed by atoms with E-state index in [1.165, 1.54) is 11.6 Å². The van der Waals surface area contributed by atoms with Crippen LogP contribution in [-0.2, 0) is 14.1 Å². The number of para-hydroxylation sites is 2. The fourth-order valence-electron chi connectivity index (χ4n) is 5.10. The molecule has 6 heteroatoms. The highest BCUT2D eigenvalue weighted by Crippen LogP contribution is 2.39. The van der Waals surface area contributed by atoms with Crippen LogP contribution in [0.15, 0.2) is 82.4 Å². The molecular formula is C29H24N4O2. The number of hydrogen-bond acceptors (Lipinski definition) is 3. The summed E-state index contributed by atoms with van der Waals surface area (Å²) in [7, 11) is 3.25. The molecule has 0 aliphatic heterocycles. The summed E-state index contributed by atoms with van der Waals surface area (Å²) in [5.41, 5.74) is 7.89. The number of aromatic nitrogens is 4. The van der Waals surface area contributed by atoms with Gasteiger partial charge in [-0.25, -0.2) is 9.78 Å². The van der Waals surface area contributed by atoms with E-state index in [1.807, 2.05) is 74.5 Å². The van der Waals surface area contributed by atoms with E-state index >= 15 is 0 Å². The Balaban J connectivity index is 2.01. The molecule has 0 aliphatic carbocycles. The van der Waals surface area contributed by atoms with E-state index in [-0.39, 0.29) is 11.2 Å². The second-order valence-electron chi connectivity index (χ2n) is 9.15. The number of hydrogen-bond donors (Lipinski definition) is 0. The minimum Gasteiger partial charge on any atom is -0.303 e. The summed E-state index contributed by atoms with van der Waals surface area (Å²) >= 11 is 0. The number of aryl methyl sites for hydroxylation is 3. The predicted molar refractivity (Wildman–Crippen MR) is 141 cm³/mol. The van der Waals surface area contributed by atoms with Gasteiger partial charge in [0.25, 0.3) is 5.56 Å². The summed E-state index contributed by atoms with van der Waals surface area (Å²) in [4.78, 5) is 31.9. The third-order valence-corrected chi connectivity index (χ3v) is 6.74. The largest absolute Gasteiger partial charge is 0.331 e. The van der Waals surface area contributed by atoms with E-state index < -0.39 is 0 Å². The van der Waals surface area contributed by atoms with E-state index in [9.17, 15) is 9.59 Å². The molecule has 0 bridgehead atoms. The Bertz CT molecular complexity index is 1940. The van der Waals surface area contributed by atoms with Crippen LogP contribution in [0.5, 0.6) is 0 Å². The van der Waals surface area contributed by atoms with Gasteiger partial charge in [0.2, 0.25) is 0 Å². The molecule has 0 saturated heterocycles. The summed E-state index contributed by atoms with van der Waals surface area (Å²) in [5.74, 6) is 0. The van der Waals surface area contributed by atoms with Crippen LogP contribution < -0.4 is 11.2 Å². The normalized spacial score (nSPS) is 11.7. The van der Waals surface area contributed by atoms with Crippen LogP contribution in [0.4, 0.5) is 0 Å². The predicted octanol–water partition coefficient (Wildman–Crippen LogP) is 4.99. The first kappa shape index (κ1) is 21.1. The van der Waals surface area contributed by atoms with Crippen molar-refractivity contribution in [3.8, 4) is 22.5 Å². The Labute approximate surface area is 201 Å². The quantitative estimate of drug-likeness (QED) is 0.366. The van der Waals surface area contributed by atoms with Gasteiger partial charge in [-0.3, -0.25) is 13.9 Å². The summed E-state index contributed by atoms with van der Waals surface area (Å²) in [5, 5.41) is 0.507. The molecule has 0 spiro atoms. The summed E-state index contributed by atoms with van der Waals surface area (Å²) in [6.45, 7) is 4.08. The van der Waals surface area contributed by atoms with Crippen molar-refractivity contribution in [1.82, 2.24) is 18.5 Å². The van der Waals surface area contributed by atoms with Gasteiger partial charge < -0.3 is 4.40 Å². The van der Waals surface area contributed by atoms with Gasteiger partial charge >= 0.3 is 5.69 Å². The van der Waals surface area contributed by atoms with Crippen molar-refractivity contribution in [2.45, 2.75) is 13.8 Å². The Kier molecular flexibility index (Phi) is 4.54. The lowest BCUT2D eigenvalue weighted by Gasteiger charge is -2.12. The second kappa shape index (κ2) is 7.53. The van der Waals surface area contributed by atoms with Crippen LogP contribution >= 0.6 is 0 Å². The third kappa shape index (κ3) is 2.99. The summed E-state index contributed by atoms with van der Waals surface area (Å²) in [6.07, 6.45) is 0. The first-order chi connectivity index (χ1) is 16.9. The minimum absolute atomic E-state index is 0.317. The lowest BCUT2D eigenvalue weighted by atomic mass is 10.1.